The number of alkyl halides is 3. The van der Waals surface area contributed by atoms with Crippen molar-refractivity contribution in [2.24, 2.45) is 0 Å². The van der Waals surface area contributed by atoms with Crippen molar-refractivity contribution in [2.45, 2.75) is 31.1 Å². The van der Waals surface area contributed by atoms with Gasteiger partial charge in [0.25, 0.3) is 0 Å². The predicted octanol–water partition coefficient (Wildman–Crippen LogP) is 3.91. The van der Waals surface area contributed by atoms with Crippen LogP contribution in [-0.4, -0.2) is 42.1 Å². The van der Waals surface area contributed by atoms with E-state index in [0.29, 0.717) is 17.5 Å². The Bertz CT molecular complexity index is 871. The molecule has 0 saturated carbocycles. The number of urea groups is 1. The van der Waals surface area contributed by atoms with Gasteiger partial charge in [-0.25, -0.2) is 13.6 Å². The van der Waals surface area contributed by atoms with E-state index in [2.05, 4.69) is 5.32 Å². The van der Waals surface area contributed by atoms with Gasteiger partial charge in [-0.05, 0) is 48.2 Å². The van der Waals surface area contributed by atoms with Gasteiger partial charge in [0, 0.05) is 6.54 Å². The topological polar surface area (TPSA) is 61.4 Å². The minimum Gasteiger partial charge on any atom is -0.345 e. The molecule has 1 atom stereocenters. The Morgan fingerprint density at radius 3 is 1.97 bits per heavy atom. The second kappa shape index (κ2) is 9.32. The first-order valence-electron chi connectivity index (χ1n) is 9.56. The molecule has 0 spiro atoms. The highest BCUT2D eigenvalue weighted by Gasteiger charge is 2.37. The Kier molecular flexibility index (Phi) is 6.77. The summed E-state index contributed by atoms with van der Waals surface area (Å²) in [5.41, 5.74) is 1.03. The predicted molar refractivity (Wildman–Crippen MR) is 102 cm³/mol. The highest BCUT2D eigenvalue weighted by Crippen LogP contribution is 2.25. The van der Waals surface area contributed by atoms with E-state index in [1.807, 2.05) is 5.32 Å². The molecule has 10 heteroatoms. The summed E-state index contributed by atoms with van der Waals surface area (Å²) in [6, 6.07) is 8.19. The number of carbonyl (C=O) groups excluding carboxylic acids is 2. The molecule has 166 valence electrons. The maximum atomic E-state index is 13.3. The van der Waals surface area contributed by atoms with Gasteiger partial charge in [0.15, 0.2) is 0 Å². The van der Waals surface area contributed by atoms with Crippen molar-refractivity contribution in [3.63, 3.8) is 0 Å². The lowest BCUT2D eigenvalue weighted by Gasteiger charge is -2.28. The zero-order chi connectivity index (χ0) is 22.6. The van der Waals surface area contributed by atoms with Crippen molar-refractivity contribution in [2.75, 3.05) is 13.1 Å². The van der Waals surface area contributed by atoms with Gasteiger partial charge in [0.2, 0.25) is 5.91 Å². The number of hydrogen-bond donors (Lipinski definition) is 2. The summed E-state index contributed by atoms with van der Waals surface area (Å²) in [4.78, 5) is 26.3. The number of nitrogens with one attached hydrogen (secondary N) is 2. The Balaban J connectivity index is 1.78. The lowest BCUT2D eigenvalue weighted by atomic mass is 9.98. The molecule has 3 amide bonds. The van der Waals surface area contributed by atoms with E-state index in [-0.39, 0.29) is 13.0 Å². The molecule has 31 heavy (non-hydrogen) atoms. The monoisotopic (exact) mass is 441 g/mol. The van der Waals surface area contributed by atoms with Crippen LogP contribution in [0.3, 0.4) is 0 Å². The quantitative estimate of drug-likeness (QED) is 0.692. The molecule has 1 aliphatic rings. The Morgan fingerprint density at radius 1 is 0.968 bits per heavy atom. The van der Waals surface area contributed by atoms with Crippen LogP contribution in [-0.2, 0) is 4.79 Å². The maximum Gasteiger partial charge on any atom is 0.405 e. The summed E-state index contributed by atoms with van der Waals surface area (Å²) in [5, 5.41) is 4.54. The van der Waals surface area contributed by atoms with Crippen LogP contribution in [0.4, 0.5) is 26.7 Å². The normalized spacial score (nSPS) is 16.5. The molecule has 0 aromatic heterocycles. The molecular weight excluding hydrogens is 421 g/mol. The number of carbonyl (C=O) groups is 2. The smallest absolute Gasteiger partial charge is 0.345 e. The highest BCUT2D eigenvalue weighted by atomic mass is 19.4. The first kappa shape index (κ1) is 22.5. The summed E-state index contributed by atoms with van der Waals surface area (Å²) in [7, 11) is 0. The molecule has 0 unspecified atom stereocenters. The molecule has 1 saturated heterocycles. The Morgan fingerprint density at radius 2 is 1.48 bits per heavy atom. The summed E-state index contributed by atoms with van der Waals surface area (Å²) in [6.45, 7) is -1.29. The SMILES string of the molecule is O=C(NCC(F)(F)F)[C@H]1CCCN1C(=O)NC(c1ccc(F)cc1)c1ccc(F)cc1. The number of nitrogens with zero attached hydrogens (tertiary/aromatic N) is 1. The van der Waals surface area contributed by atoms with Gasteiger partial charge in [0.05, 0.1) is 6.04 Å². The molecule has 0 bridgehead atoms. The number of likely N-dealkylation sites (tertiary alicyclic amines) is 1. The standard InChI is InChI=1S/C21H20F5N3O2/c22-15-7-3-13(4-8-15)18(14-5-9-16(23)10-6-14)28-20(31)29-11-1-2-17(29)19(30)27-12-21(24,25)26/h3-10,17-18H,1-2,11-12H2,(H,27,30)(H,28,31)/t17-/m1/s1. The second-order valence-electron chi connectivity index (χ2n) is 7.17. The van der Waals surface area contributed by atoms with E-state index < -0.39 is 48.4 Å². The molecule has 1 fully saturated rings. The van der Waals surface area contributed by atoms with Gasteiger partial charge in [-0.1, -0.05) is 24.3 Å². The summed E-state index contributed by atoms with van der Waals surface area (Å²) >= 11 is 0. The van der Waals surface area contributed by atoms with Crippen LogP contribution in [0.2, 0.25) is 0 Å². The van der Waals surface area contributed by atoms with Crippen molar-refractivity contribution in [1.82, 2.24) is 15.5 Å². The van der Waals surface area contributed by atoms with Crippen molar-refractivity contribution in [1.29, 1.82) is 0 Å². The van der Waals surface area contributed by atoms with Crippen molar-refractivity contribution >= 4 is 11.9 Å². The molecule has 2 N–H and O–H groups in total. The zero-order valence-corrected chi connectivity index (χ0v) is 16.3. The van der Waals surface area contributed by atoms with Crippen molar-refractivity contribution in [3.8, 4) is 0 Å². The number of halogens is 5. The van der Waals surface area contributed by atoms with E-state index in [1.54, 1.807) is 0 Å². The van der Waals surface area contributed by atoms with Crippen LogP contribution in [0.15, 0.2) is 48.5 Å². The maximum absolute atomic E-state index is 13.3. The summed E-state index contributed by atoms with van der Waals surface area (Å²) in [5.74, 6) is -1.84. The number of amides is 3. The summed E-state index contributed by atoms with van der Waals surface area (Å²) in [6.07, 6.45) is -3.87. The van der Waals surface area contributed by atoms with Crippen LogP contribution >= 0.6 is 0 Å². The third-order valence-electron chi connectivity index (χ3n) is 4.95. The second-order valence-corrected chi connectivity index (χ2v) is 7.17. The van der Waals surface area contributed by atoms with Crippen molar-refractivity contribution < 1.29 is 31.5 Å². The highest BCUT2D eigenvalue weighted by molar-refractivity contribution is 5.88. The van der Waals surface area contributed by atoms with E-state index >= 15 is 0 Å². The minimum atomic E-state index is -4.56. The van der Waals surface area contributed by atoms with Gasteiger partial charge in [-0.15, -0.1) is 0 Å². The van der Waals surface area contributed by atoms with Gasteiger partial charge in [-0.3, -0.25) is 4.79 Å². The van der Waals surface area contributed by atoms with Crippen LogP contribution < -0.4 is 10.6 Å². The van der Waals surface area contributed by atoms with E-state index in [1.165, 1.54) is 53.4 Å². The Labute approximate surface area is 175 Å². The minimum absolute atomic E-state index is 0.190. The molecule has 2 aromatic rings. The van der Waals surface area contributed by atoms with Crippen LogP contribution in [0.1, 0.15) is 30.0 Å². The van der Waals surface area contributed by atoms with Gasteiger partial charge in [0.1, 0.15) is 24.2 Å². The molecule has 1 aliphatic heterocycles. The largest absolute Gasteiger partial charge is 0.405 e. The molecule has 1 heterocycles. The first-order chi connectivity index (χ1) is 14.6. The third-order valence-corrected chi connectivity index (χ3v) is 4.95. The van der Waals surface area contributed by atoms with Crippen LogP contribution in [0, 0.1) is 11.6 Å². The third kappa shape index (κ3) is 5.93. The fourth-order valence-corrected chi connectivity index (χ4v) is 3.46. The number of benzene rings is 2. The molecule has 0 aliphatic carbocycles. The molecule has 0 radical (unpaired) electrons. The van der Waals surface area contributed by atoms with Gasteiger partial charge in [-0.2, -0.15) is 13.2 Å². The average molecular weight is 441 g/mol. The van der Waals surface area contributed by atoms with Crippen LogP contribution in [0.5, 0.6) is 0 Å². The van der Waals surface area contributed by atoms with E-state index in [4.69, 9.17) is 0 Å². The Hall–Kier alpha value is -3.17. The van der Waals surface area contributed by atoms with E-state index in [9.17, 15) is 31.5 Å². The fraction of sp³-hybridized carbons (Fsp3) is 0.333. The molecule has 3 rings (SSSR count). The zero-order valence-electron chi connectivity index (χ0n) is 16.3. The van der Waals surface area contributed by atoms with Gasteiger partial charge >= 0.3 is 12.2 Å². The van der Waals surface area contributed by atoms with Crippen LogP contribution in [0.25, 0.3) is 0 Å². The first-order valence-corrected chi connectivity index (χ1v) is 9.56. The molecule has 5 nitrogen and oxygen atoms in total. The number of rotatable bonds is 5. The summed E-state index contributed by atoms with van der Waals surface area (Å²) < 4.78 is 63.9. The molecular formula is C21H20F5N3O2. The number of hydrogen-bond acceptors (Lipinski definition) is 2. The van der Waals surface area contributed by atoms with Gasteiger partial charge < -0.3 is 15.5 Å². The molecule has 2 aromatic carbocycles. The van der Waals surface area contributed by atoms with Crippen molar-refractivity contribution in [3.05, 3.63) is 71.3 Å². The lowest BCUT2D eigenvalue weighted by Crippen LogP contribution is -2.51. The van der Waals surface area contributed by atoms with E-state index in [0.717, 1.165) is 0 Å². The lowest BCUT2D eigenvalue weighted by molar-refractivity contribution is -0.140. The average Bonchev–Trinajstić information content (AvgIpc) is 3.21. The fourth-order valence-electron chi connectivity index (χ4n) is 3.46.